The average molecular weight is 287 g/mol. The molecule has 1 heterocycles. The Morgan fingerprint density at radius 1 is 0.952 bits per heavy atom. The molecule has 0 amide bonds. The molecule has 0 atom stereocenters. The summed E-state index contributed by atoms with van der Waals surface area (Å²) in [7, 11) is 0. The molecule has 0 bridgehead atoms. The first-order chi connectivity index (χ1) is 10.1. The van der Waals surface area contributed by atoms with Gasteiger partial charge in [-0.25, -0.2) is 8.78 Å². The van der Waals surface area contributed by atoms with Gasteiger partial charge in [-0.1, -0.05) is 30.3 Å². The number of hydrogen-bond donors (Lipinski definition) is 0. The van der Waals surface area contributed by atoms with Crippen molar-refractivity contribution in [2.45, 2.75) is 25.7 Å². The van der Waals surface area contributed by atoms with E-state index >= 15 is 0 Å². The van der Waals surface area contributed by atoms with Gasteiger partial charge in [-0.3, -0.25) is 0 Å². The lowest BCUT2D eigenvalue weighted by Crippen LogP contribution is -2.34. The maximum absolute atomic E-state index is 14.0. The fourth-order valence-corrected chi connectivity index (χ4v) is 3.16. The lowest BCUT2D eigenvalue weighted by molar-refractivity contribution is 0.486. The van der Waals surface area contributed by atoms with E-state index in [2.05, 4.69) is 12.1 Å². The summed E-state index contributed by atoms with van der Waals surface area (Å²) < 4.78 is 28.1. The summed E-state index contributed by atoms with van der Waals surface area (Å²) in [5.41, 5.74) is 2.07. The number of nitrogens with zero attached hydrogens (tertiary/aromatic N) is 1. The molecule has 0 aliphatic carbocycles. The van der Waals surface area contributed by atoms with Crippen LogP contribution in [-0.4, -0.2) is 13.1 Å². The normalized spacial score (nSPS) is 16.2. The number of rotatable bonds is 2. The molecule has 110 valence electrons. The standard InChI is InChI=1S/C18H19F2N/c1-13-11-16(19)18(17(20)12-13)21-9-7-15(8-10-21)14-5-3-2-4-6-14/h2-6,11-12,15H,7-10H2,1H3. The van der Waals surface area contributed by atoms with Crippen LogP contribution in [-0.2, 0) is 0 Å². The predicted octanol–water partition coefficient (Wildman–Crippen LogP) is 4.66. The Kier molecular flexibility index (Phi) is 3.91. The summed E-state index contributed by atoms with van der Waals surface area (Å²) in [5.74, 6) is -0.421. The Balaban J connectivity index is 1.75. The topological polar surface area (TPSA) is 3.24 Å². The molecule has 3 heteroatoms. The van der Waals surface area contributed by atoms with Crippen molar-refractivity contribution in [2.24, 2.45) is 0 Å². The summed E-state index contributed by atoms with van der Waals surface area (Å²) in [6.45, 7) is 3.09. The van der Waals surface area contributed by atoms with Crippen LogP contribution in [0.4, 0.5) is 14.5 Å². The molecule has 1 fully saturated rings. The van der Waals surface area contributed by atoms with Crippen molar-refractivity contribution in [3.05, 3.63) is 65.2 Å². The Morgan fingerprint density at radius 3 is 2.10 bits per heavy atom. The highest BCUT2D eigenvalue weighted by atomic mass is 19.1. The van der Waals surface area contributed by atoms with Gasteiger partial charge in [0.05, 0.1) is 0 Å². The molecule has 1 nitrogen and oxygen atoms in total. The van der Waals surface area contributed by atoms with Gasteiger partial charge in [-0.15, -0.1) is 0 Å². The number of benzene rings is 2. The second-order valence-corrected chi connectivity index (χ2v) is 5.75. The van der Waals surface area contributed by atoms with Crippen molar-refractivity contribution in [3.63, 3.8) is 0 Å². The maximum atomic E-state index is 14.0. The minimum atomic E-state index is -0.453. The van der Waals surface area contributed by atoms with Crippen LogP contribution in [0.25, 0.3) is 0 Å². The van der Waals surface area contributed by atoms with Gasteiger partial charge in [0.2, 0.25) is 0 Å². The van der Waals surface area contributed by atoms with Crippen LogP contribution in [0.1, 0.15) is 29.9 Å². The number of hydrogen-bond acceptors (Lipinski definition) is 1. The highest BCUT2D eigenvalue weighted by Crippen LogP contribution is 2.33. The van der Waals surface area contributed by atoms with Crippen LogP contribution < -0.4 is 4.90 Å². The molecule has 2 aromatic carbocycles. The summed E-state index contributed by atoms with van der Waals surface area (Å²) in [6.07, 6.45) is 1.85. The van der Waals surface area contributed by atoms with E-state index in [1.54, 1.807) is 6.92 Å². The minimum absolute atomic E-state index is 0.132. The molecular weight excluding hydrogens is 268 g/mol. The second kappa shape index (κ2) is 5.84. The van der Waals surface area contributed by atoms with E-state index in [-0.39, 0.29) is 5.69 Å². The first-order valence-electron chi connectivity index (χ1n) is 7.40. The van der Waals surface area contributed by atoms with E-state index in [0.717, 1.165) is 12.8 Å². The van der Waals surface area contributed by atoms with E-state index in [1.807, 2.05) is 23.1 Å². The van der Waals surface area contributed by atoms with E-state index in [9.17, 15) is 8.78 Å². The zero-order valence-electron chi connectivity index (χ0n) is 12.2. The molecule has 1 saturated heterocycles. The van der Waals surface area contributed by atoms with Crippen LogP contribution in [0.15, 0.2) is 42.5 Å². The monoisotopic (exact) mass is 287 g/mol. The zero-order valence-corrected chi connectivity index (χ0v) is 12.2. The van der Waals surface area contributed by atoms with Gasteiger partial charge in [-0.2, -0.15) is 0 Å². The van der Waals surface area contributed by atoms with Crippen molar-refractivity contribution in [1.82, 2.24) is 0 Å². The molecule has 0 spiro atoms. The third-order valence-corrected chi connectivity index (χ3v) is 4.24. The number of halogens is 2. The van der Waals surface area contributed by atoms with Crippen LogP contribution in [0, 0.1) is 18.6 Å². The van der Waals surface area contributed by atoms with Crippen molar-refractivity contribution >= 4 is 5.69 Å². The summed E-state index contributed by atoms with van der Waals surface area (Å²) in [5, 5.41) is 0. The second-order valence-electron chi connectivity index (χ2n) is 5.75. The molecular formula is C18H19F2N. The Morgan fingerprint density at radius 2 is 1.52 bits per heavy atom. The highest BCUT2D eigenvalue weighted by molar-refractivity contribution is 5.51. The third-order valence-electron chi connectivity index (χ3n) is 4.24. The third kappa shape index (κ3) is 2.92. The average Bonchev–Trinajstić information content (AvgIpc) is 2.48. The molecule has 0 unspecified atom stereocenters. The SMILES string of the molecule is Cc1cc(F)c(N2CCC(c3ccccc3)CC2)c(F)c1. The van der Waals surface area contributed by atoms with Gasteiger partial charge >= 0.3 is 0 Å². The Labute approximate surface area is 124 Å². The maximum Gasteiger partial charge on any atom is 0.149 e. The molecule has 0 N–H and O–H groups in total. The number of piperidine rings is 1. The molecule has 0 saturated carbocycles. The predicted molar refractivity (Wildman–Crippen MR) is 81.7 cm³/mol. The van der Waals surface area contributed by atoms with E-state index < -0.39 is 11.6 Å². The molecule has 2 aromatic rings. The quantitative estimate of drug-likeness (QED) is 0.776. The van der Waals surface area contributed by atoms with Crippen molar-refractivity contribution in [1.29, 1.82) is 0 Å². The van der Waals surface area contributed by atoms with Gasteiger partial charge < -0.3 is 4.90 Å². The van der Waals surface area contributed by atoms with E-state index in [4.69, 9.17) is 0 Å². The van der Waals surface area contributed by atoms with Gasteiger partial charge in [0.25, 0.3) is 0 Å². The Bertz CT molecular complexity index is 593. The van der Waals surface area contributed by atoms with Crippen molar-refractivity contribution in [3.8, 4) is 0 Å². The number of aryl methyl sites for hydroxylation is 1. The molecule has 0 aromatic heterocycles. The number of anilines is 1. The summed E-state index contributed by atoms with van der Waals surface area (Å²) in [4.78, 5) is 1.84. The molecule has 3 rings (SSSR count). The minimum Gasteiger partial charge on any atom is -0.367 e. The lowest BCUT2D eigenvalue weighted by atomic mass is 9.89. The zero-order chi connectivity index (χ0) is 14.8. The van der Waals surface area contributed by atoms with Gasteiger partial charge in [0, 0.05) is 13.1 Å². The van der Waals surface area contributed by atoms with E-state index in [1.165, 1.54) is 17.7 Å². The first-order valence-corrected chi connectivity index (χ1v) is 7.40. The fraction of sp³-hybridized carbons (Fsp3) is 0.333. The van der Waals surface area contributed by atoms with Gasteiger partial charge in [-0.05, 0) is 48.9 Å². The van der Waals surface area contributed by atoms with Crippen LogP contribution in [0.5, 0.6) is 0 Å². The molecule has 1 aliphatic heterocycles. The fourth-order valence-electron chi connectivity index (χ4n) is 3.16. The first kappa shape index (κ1) is 14.1. The van der Waals surface area contributed by atoms with Gasteiger partial charge in [0.1, 0.15) is 17.3 Å². The largest absolute Gasteiger partial charge is 0.367 e. The van der Waals surface area contributed by atoms with E-state index in [0.29, 0.717) is 24.6 Å². The lowest BCUT2D eigenvalue weighted by Gasteiger charge is -2.34. The van der Waals surface area contributed by atoms with Crippen LogP contribution >= 0.6 is 0 Å². The van der Waals surface area contributed by atoms with Gasteiger partial charge in [0.15, 0.2) is 0 Å². The highest BCUT2D eigenvalue weighted by Gasteiger charge is 2.24. The van der Waals surface area contributed by atoms with Crippen molar-refractivity contribution < 1.29 is 8.78 Å². The summed E-state index contributed by atoms with van der Waals surface area (Å²) in [6, 6.07) is 13.2. The Hall–Kier alpha value is -1.90. The van der Waals surface area contributed by atoms with Crippen molar-refractivity contribution in [2.75, 3.05) is 18.0 Å². The van der Waals surface area contributed by atoms with Crippen LogP contribution in [0.2, 0.25) is 0 Å². The van der Waals surface area contributed by atoms with Crippen LogP contribution in [0.3, 0.4) is 0 Å². The molecule has 1 aliphatic rings. The molecule has 21 heavy (non-hydrogen) atoms. The smallest absolute Gasteiger partial charge is 0.149 e. The summed E-state index contributed by atoms with van der Waals surface area (Å²) >= 11 is 0. The molecule has 0 radical (unpaired) electrons.